The summed E-state index contributed by atoms with van der Waals surface area (Å²) >= 11 is 0.905. The standard InChI is InChI=1S/C19H23F2N7S/c20-16(21)9-28(29-23)14-6-19(7-14)10-27(11-19)18-15(8-22)17(24-12-25-18)26-13-4-2-1-3-5-13/h1-5,8,12,14,16,22H,6-7,9-11,23H2,(H,24,25,26). The number of benzene rings is 1. The summed E-state index contributed by atoms with van der Waals surface area (Å²) in [5.41, 5.74) is 1.65. The molecule has 2 aromatic rings. The first-order valence-electron chi connectivity index (χ1n) is 9.38. The summed E-state index contributed by atoms with van der Waals surface area (Å²) < 4.78 is 27.0. The Bertz CT molecular complexity index is 853. The minimum Gasteiger partial charge on any atom is -0.355 e. The normalized spacial score (nSPS) is 18.0. The van der Waals surface area contributed by atoms with Gasteiger partial charge in [-0.25, -0.2) is 23.1 Å². The third-order valence-corrected chi connectivity index (χ3v) is 6.31. The fraction of sp³-hybridized carbons (Fsp3) is 0.421. The van der Waals surface area contributed by atoms with Crippen LogP contribution in [0.5, 0.6) is 0 Å². The second kappa shape index (κ2) is 8.21. The molecule has 0 unspecified atom stereocenters. The van der Waals surface area contributed by atoms with E-state index in [1.165, 1.54) is 12.5 Å². The van der Waals surface area contributed by atoms with Crippen molar-refractivity contribution in [3.8, 4) is 0 Å². The zero-order chi connectivity index (χ0) is 20.4. The molecule has 7 nitrogen and oxygen atoms in total. The van der Waals surface area contributed by atoms with Gasteiger partial charge in [-0.15, -0.1) is 0 Å². The Labute approximate surface area is 172 Å². The lowest BCUT2D eigenvalue weighted by atomic mass is 9.60. The van der Waals surface area contributed by atoms with Crippen LogP contribution in [0, 0.1) is 10.8 Å². The van der Waals surface area contributed by atoms with Crippen molar-refractivity contribution in [2.75, 3.05) is 29.9 Å². The summed E-state index contributed by atoms with van der Waals surface area (Å²) in [7, 11) is 0. The van der Waals surface area contributed by atoms with Crippen LogP contribution in [0.3, 0.4) is 0 Å². The van der Waals surface area contributed by atoms with Crippen LogP contribution in [0.15, 0.2) is 36.7 Å². The zero-order valence-electron chi connectivity index (χ0n) is 15.8. The Morgan fingerprint density at radius 1 is 1.31 bits per heavy atom. The van der Waals surface area contributed by atoms with Crippen molar-refractivity contribution in [2.45, 2.75) is 25.3 Å². The molecule has 0 radical (unpaired) electrons. The Morgan fingerprint density at radius 2 is 2.03 bits per heavy atom. The molecule has 2 heterocycles. The molecule has 0 atom stereocenters. The Morgan fingerprint density at radius 3 is 2.66 bits per heavy atom. The third kappa shape index (κ3) is 4.05. The molecule has 4 rings (SSSR count). The molecule has 29 heavy (non-hydrogen) atoms. The van der Waals surface area contributed by atoms with E-state index in [4.69, 9.17) is 10.5 Å². The minimum atomic E-state index is -2.38. The van der Waals surface area contributed by atoms with E-state index >= 15 is 0 Å². The van der Waals surface area contributed by atoms with Gasteiger partial charge in [-0.05, 0) is 25.0 Å². The predicted octanol–water partition coefficient (Wildman–Crippen LogP) is 3.28. The second-order valence-electron chi connectivity index (χ2n) is 7.61. The molecule has 4 N–H and O–H groups in total. The predicted molar refractivity (Wildman–Crippen MR) is 112 cm³/mol. The monoisotopic (exact) mass is 419 g/mol. The van der Waals surface area contributed by atoms with Crippen molar-refractivity contribution >= 4 is 35.7 Å². The fourth-order valence-corrected chi connectivity index (χ4v) is 4.78. The minimum absolute atomic E-state index is 0.0871. The molecule has 1 saturated carbocycles. The number of alkyl halides is 2. The fourth-order valence-electron chi connectivity index (χ4n) is 4.26. The Balaban J connectivity index is 1.41. The molecule has 0 bridgehead atoms. The molecule has 1 spiro atoms. The van der Waals surface area contributed by atoms with Crippen LogP contribution in [0.4, 0.5) is 26.1 Å². The van der Waals surface area contributed by atoms with Crippen LogP contribution in [-0.4, -0.2) is 52.6 Å². The number of aromatic nitrogens is 2. The first-order chi connectivity index (χ1) is 14.0. The quantitative estimate of drug-likeness (QED) is 0.447. The van der Waals surface area contributed by atoms with E-state index in [-0.39, 0.29) is 18.0 Å². The Hall–Kier alpha value is -2.30. The van der Waals surface area contributed by atoms with Gasteiger partial charge in [0, 0.05) is 48.6 Å². The summed E-state index contributed by atoms with van der Waals surface area (Å²) in [6.07, 6.45) is 2.08. The highest BCUT2D eigenvalue weighted by molar-refractivity contribution is 7.94. The SMILES string of the molecule is N=Cc1c(Nc2ccccc2)ncnc1N1CC2(CC(N(CC(F)F)SN)C2)C1. The number of anilines is 3. The molecular formula is C19H23F2N7S. The van der Waals surface area contributed by atoms with E-state index in [1.54, 1.807) is 4.31 Å². The second-order valence-corrected chi connectivity index (χ2v) is 8.29. The van der Waals surface area contributed by atoms with E-state index < -0.39 is 6.43 Å². The summed E-state index contributed by atoms with van der Waals surface area (Å²) in [6.45, 7) is 1.29. The number of nitrogens with two attached hydrogens (primary N) is 1. The van der Waals surface area contributed by atoms with Crippen molar-refractivity contribution in [2.24, 2.45) is 10.6 Å². The van der Waals surface area contributed by atoms with Gasteiger partial charge >= 0.3 is 0 Å². The molecule has 2 aliphatic rings. The number of halogens is 2. The maximum absolute atomic E-state index is 12.7. The van der Waals surface area contributed by atoms with Crippen LogP contribution in [-0.2, 0) is 0 Å². The van der Waals surface area contributed by atoms with E-state index in [0.29, 0.717) is 11.4 Å². The highest BCUT2D eigenvalue weighted by atomic mass is 32.2. The van der Waals surface area contributed by atoms with Crippen molar-refractivity contribution in [3.05, 3.63) is 42.2 Å². The van der Waals surface area contributed by atoms with Gasteiger partial charge in [-0.1, -0.05) is 18.2 Å². The summed E-state index contributed by atoms with van der Waals surface area (Å²) in [5.74, 6) is 1.31. The summed E-state index contributed by atoms with van der Waals surface area (Å²) in [6, 6.07) is 9.75. The van der Waals surface area contributed by atoms with E-state index in [0.717, 1.165) is 49.6 Å². The average molecular weight is 420 g/mol. The first kappa shape index (κ1) is 20.0. The van der Waals surface area contributed by atoms with Gasteiger partial charge in [-0.3, -0.25) is 5.14 Å². The number of hydrogen-bond donors (Lipinski definition) is 3. The first-order valence-corrected chi connectivity index (χ1v) is 10.2. The molecule has 10 heteroatoms. The van der Waals surface area contributed by atoms with Crippen molar-refractivity contribution in [1.82, 2.24) is 14.3 Å². The van der Waals surface area contributed by atoms with Crippen LogP contribution in [0.1, 0.15) is 18.4 Å². The van der Waals surface area contributed by atoms with E-state index in [1.807, 2.05) is 30.3 Å². The van der Waals surface area contributed by atoms with Gasteiger partial charge in [0.05, 0.1) is 12.1 Å². The van der Waals surface area contributed by atoms with Gasteiger partial charge in [0.15, 0.2) is 0 Å². The number of hydrogen-bond acceptors (Lipinski definition) is 8. The molecule has 1 aromatic heterocycles. The molecule has 1 aromatic carbocycles. The Kier molecular flexibility index (Phi) is 5.66. The van der Waals surface area contributed by atoms with E-state index in [9.17, 15) is 8.78 Å². The average Bonchev–Trinajstić information content (AvgIpc) is 2.65. The van der Waals surface area contributed by atoms with Gasteiger partial charge in [0.1, 0.15) is 18.0 Å². The lowest BCUT2D eigenvalue weighted by molar-refractivity contribution is -0.000329. The van der Waals surface area contributed by atoms with Crippen LogP contribution in [0.25, 0.3) is 0 Å². The molecule has 0 amide bonds. The van der Waals surface area contributed by atoms with Crippen molar-refractivity contribution in [3.63, 3.8) is 0 Å². The smallest absolute Gasteiger partial charge is 0.252 e. The molecule has 2 fully saturated rings. The maximum Gasteiger partial charge on any atom is 0.252 e. The van der Waals surface area contributed by atoms with Gasteiger partial charge in [-0.2, -0.15) is 0 Å². The van der Waals surface area contributed by atoms with Crippen LogP contribution in [0.2, 0.25) is 0 Å². The lowest BCUT2D eigenvalue weighted by Crippen LogP contribution is -2.66. The lowest BCUT2D eigenvalue weighted by Gasteiger charge is -2.61. The van der Waals surface area contributed by atoms with Crippen LogP contribution >= 0.6 is 12.1 Å². The highest BCUT2D eigenvalue weighted by Gasteiger charge is 2.54. The topological polar surface area (TPSA) is 94.2 Å². The molecule has 1 saturated heterocycles. The number of para-hydroxylation sites is 1. The molecule has 1 aliphatic carbocycles. The number of rotatable bonds is 8. The summed E-state index contributed by atoms with van der Waals surface area (Å²) in [5, 5.41) is 16.7. The molecular weight excluding hydrogens is 396 g/mol. The maximum atomic E-state index is 12.7. The van der Waals surface area contributed by atoms with Crippen molar-refractivity contribution < 1.29 is 8.78 Å². The van der Waals surface area contributed by atoms with Gasteiger partial charge in [0.2, 0.25) is 0 Å². The highest BCUT2D eigenvalue weighted by Crippen LogP contribution is 2.52. The number of nitrogens with one attached hydrogen (secondary N) is 2. The van der Waals surface area contributed by atoms with Crippen LogP contribution < -0.4 is 15.4 Å². The zero-order valence-corrected chi connectivity index (χ0v) is 16.6. The van der Waals surface area contributed by atoms with Gasteiger partial charge in [0.25, 0.3) is 6.43 Å². The number of nitrogens with zero attached hydrogens (tertiary/aromatic N) is 4. The van der Waals surface area contributed by atoms with E-state index in [2.05, 4.69) is 20.2 Å². The van der Waals surface area contributed by atoms with Gasteiger partial charge < -0.3 is 15.6 Å². The summed E-state index contributed by atoms with van der Waals surface area (Å²) in [4.78, 5) is 10.8. The molecule has 1 aliphatic heterocycles. The largest absolute Gasteiger partial charge is 0.355 e. The van der Waals surface area contributed by atoms with Crippen molar-refractivity contribution in [1.29, 1.82) is 5.41 Å². The third-order valence-electron chi connectivity index (χ3n) is 5.59. The molecule has 154 valence electrons.